The molecular weight excluding hydrogens is 388 g/mol. The maximum absolute atomic E-state index is 12.1. The summed E-state index contributed by atoms with van der Waals surface area (Å²) >= 11 is 0. The highest BCUT2D eigenvalue weighted by Crippen LogP contribution is 2.49. The average Bonchev–Trinajstić information content (AvgIpc) is 3.32. The van der Waals surface area contributed by atoms with Crippen molar-refractivity contribution in [2.24, 2.45) is 17.8 Å². The van der Waals surface area contributed by atoms with Gasteiger partial charge in [-0.15, -0.1) is 0 Å². The Kier molecular flexibility index (Phi) is 7.54. The molecule has 1 aromatic carbocycles. The van der Waals surface area contributed by atoms with Gasteiger partial charge in [0, 0.05) is 18.2 Å². The third kappa shape index (κ3) is 5.87. The van der Waals surface area contributed by atoms with Crippen LogP contribution in [-0.4, -0.2) is 37.7 Å². The average molecular weight is 418 g/mol. The largest absolute Gasteiger partial charge is 0.490 e. The summed E-state index contributed by atoms with van der Waals surface area (Å²) in [4.78, 5) is 36.0. The van der Waals surface area contributed by atoms with E-state index in [1.165, 1.54) is 19.3 Å². The second-order valence-corrected chi connectivity index (χ2v) is 7.83. The molecule has 2 aliphatic carbocycles. The van der Waals surface area contributed by atoms with Crippen LogP contribution in [0.5, 0.6) is 11.5 Å². The molecule has 0 spiro atoms. The van der Waals surface area contributed by atoms with E-state index in [2.05, 4.69) is 10.6 Å². The lowest BCUT2D eigenvalue weighted by atomic mass is 9.86. The van der Waals surface area contributed by atoms with E-state index in [0.717, 1.165) is 12.3 Å². The molecule has 0 heterocycles. The SMILES string of the molecule is CCOc1ccc(NC(=O)NC(=O)COC(=O)C[C@H]2C[C@H]3CC[C@@H]2C3)cc1OCC. The van der Waals surface area contributed by atoms with Gasteiger partial charge < -0.3 is 19.5 Å². The number of benzene rings is 1. The quantitative estimate of drug-likeness (QED) is 0.595. The fourth-order valence-electron chi connectivity index (χ4n) is 4.50. The Hall–Kier alpha value is -2.77. The van der Waals surface area contributed by atoms with Gasteiger partial charge in [0.05, 0.1) is 13.2 Å². The van der Waals surface area contributed by atoms with Crippen molar-refractivity contribution >= 4 is 23.6 Å². The van der Waals surface area contributed by atoms with Gasteiger partial charge in [0.2, 0.25) is 0 Å². The van der Waals surface area contributed by atoms with Crippen molar-refractivity contribution in [1.82, 2.24) is 5.32 Å². The van der Waals surface area contributed by atoms with Crippen LogP contribution in [0.15, 0.2) is 18.2 Å². The third-order valence-electron chi connectivity index (χ3n) is 5.73. The van der Waals surface area contributed by atoms with Crippen LogP contribution in [0.4, 0.5) is 10.5 Å². The van der Waals surface area contributed by atoms with Crippen molar-refractivity contribution in [1.29, 1.82) is 0 Å². The van der Waals surface area contributed by atoms with Crippen molar-refractivity contribution in [3.63, 3.8) is 0 Å². The normalized spacial score (nSPS) is 21.7. The van der Waals surface area contributed by atoms with Gasteiger partial charge in [-0.2, -0.15) is 0 Å². The number of imide groups is 1. The smallest absolute Gasteiger partial charge is 0.325 e. The van der Waals surface area contributed by atoms with E-state index in [1.54, 1.807) is 18.2 Å². The van der Waals surface area contributed by atoms with E-state index in [0.29, 0.717) is 48.7 Å². The second kappa shape index (κ2) is 10.3. The molecule has 8 nitrogen and oxygen atoms in total. The predicted octanol–water partition coefficient (Wildman–Crippen LogP) is 3.50. The summed E-state index contributed by atoms with van der Waals surface area (Å²) < 4.78 is 16.0. The molecular formula is C22H30N2O6. The zero-order valence-electron chi connectivity index (χ0n) is 17.6. The Labute approximate surface area is 176 Å². The summed E-state index contributed by atoms with van der Waals surface area (Å²) in [5.41, 5.74) is 0.445. The first-order valence-electron chi connectivity index (χ1n) is 10.6. The predicted molar refractivity (Wildman–Crippen MR) is 110 cm³/mol. The Balaban J connectivity index is 1.41. The number of ether oxygens (including phenoxy) is 3. The number of hydrogen-bond donors (Lipinski definition) is 2. The molecule has 1 aromatic rings. The maximum atomic E-state index is 12.1. The van der Waals surface area contributed by atoms with Crippen LogP contribution in [0, 0.1) is 17.8 Å². The molecule has 3 amide bonds. The fraction of sp³-hybridized carbons (Fsp3) is 0.591. The van der Waals surface area contributed by atoms with Gasteiger partial charge in [-0.1, -0.05) is 6.42 Å². The van der Waals surface area contributed by atoms with Crippen molar-refractivity contribution in [3.05, 3.63) is 18.2 Å². The van der Waals surface area contributed by atoms with Crippen LogP contribution in [0.2, 0.25) is 0 Å². The molecule has 0 aromatic heterocycles. The minimum absolute atomic E-state index is 0.354. The van der Waals surface area contributed by atoms with Gasteiger partial charge in [0.1, 0.15) is 0 Å². The summed E-state index contributed by atoms with van der Waals surface area (Å²) in [6.07, 6.45) is 5.12. The van der Waals surface area contributed by atoms with Gasteiger partial charge in [-0.05, 0) is 63.0 Å². The lowest BCUT2D eigenvalue weighted by Gasteiger charge is -2.20. The van der Waals surface area contributed by atoms with Crippen LogP contribution >= 0.6 is 0 Å². The number of esters is 1. The molecule has 0 aliphatic heterocycles. The number of anilines is 1. The molecule has 3 rings (SSSR count). The molecule has 2 bridgehead atoms. The summed E-state index contributed by atoms with van der Waals surface area (Å²) in [5, 5.41) is 4.72. The molecule has 0 unspecified atom stereocenters. The Bertz CT molecular complexity index is 781. The van der Waals surface area contributed by atoms with Crippen LogP contribution < -0.4 is 20.1 Å². The highest BCUT2D eigenvalue weighted by molar-refractivity contribution is 6.02. The van der Waals surface area contributed by atoms with E-state index in [-0.39, 0.29) is 5.97 Å². The van der Waals surface area contributed by atoms with E-state index in [9.17, 15) is 14.4 Å². The molecule has 2 aliphatic rings. The Morgan fingerprint density at radius 2 is 1.80 bits per heavy atom. The van der Waals surface area contributed by atoms with Crippen LogP contribution in [-0.2, 0) is 14.3 Å². The Morgan fingerprint density at radius 1 is 1.03 bits per heavy atom. The van der Waals surface area contributed by atoms with Crippen LogP contribution in [0.3, 0.4) is 0 Å². The first-order valence-corrected chi connectivity index (χ1v) is 10.6. The monoisotopic (exact) mass is 418 g/mol. The lowest BCUT2D eigenvalue weighted by Crippen LogP contribution is -2.37. The number of nitrogens with one attached hydrogen (secondary N) is 2. The second-order valence-electron chi connectivity index (χ2n) is 7.83. The number of urea groups is 1. The molecule has 164 valence electrons. The standard InChI is InChI=1S/C22H30N2O6/c1-3-28-18-8-7-17(12-19(18)29-4-2)23-22(27)24-20(25)13-30-21(26)11-16-10-14-5-6-15(16)9-14/h7-8,12,14-16H,3-6,9-11,13H2,1-2H3,(H2,23,24,25,27)/t14-,15+,16+/m0/s1. The molecule has 3 atom stereocenters. The summed E-state index contributed by atoms with van der Waals surface area (Å²) in [6, 6.07) is 4.24. The first kappa shape index (κ1) is 21.9. The third-order valence-corrected chi connectivity index (χ3v) is 5.73. The molecule has 2 saturated carbocycles. The first-order chi connectivity index (χ1) is 14.5. The topological polar surface area (TPSA) is 103 Å². The van der Waals surface area contributed by atoms with Gasteiger partial charge in [-0.25, -0.2) is 4.79 Å². The number of carbonyl (C=O) groups is 3. The fourth-order valence-corrected chi connectivity index (χ4v) is 4.50. The molecule has 0 radical (unpaired) electrons. The Morgan fingerprint density at radius 3 is 2.47 bits per heavy atom. The number of amides is 3. The van der Waals surface area contributed by atoms with Crippen molar-refractivity contribution in [3.8, 4) is 11.5 Å². The number of fused-ring (bicyclic) bond motifs is 2. The maximum Gasteiger partial charge on any atom is 0.325 e. The van der Waals surface area contributed by atoms with Crippen LogP contribution in [0.1, 0.15) is 46.0 Å². The lowest BCUT2D eigenvalue weighted by molar-refractivity contribution is -0.149. The van der Waals surface area contributed by atoms with E-state index in [4.69, 9.17) is 14.2 Å². The minimum Gasteiger partial charge on any atom is -0.490 e. The van der Waals surface area contributed by atoms with Gasteiger partial charge in [0.25, 0.3) is 5.91 Å². The van der Waals surface area contributed by atoms with E-state index >= 15 is 0 Å². The zero-order valence-corrected chi connectivity index (χ0v) is 17.6. The van der Waals surface area contributed by atoms with Crippen molar-refractivity contribution in [2.45, 2.75) is 46.0 Å². The number of hydrogen-bond acceptors (Lipinski definition) is 6. The highest BCUT2D eigenvalue weighted by atomic mass is 16.5. The van der Waals surface area contributed by atoms with Gasteiger partial charge in [0.15, 0.2) is 18.1 Å². The molecule has 8 heteroatoms. The zero-order chi connectivity index (χ0) is 21.5. The molecule has 30 heavy (non-hydrogen) atoms. The summed E-state index contributed by atoms with van der Waals surface area (Å²) in [7, 11) is 0. The van der Waals surface area contributed by atoms with Gasteiger partial charge >= 0.3 is 12.0 Å². The van der Waals surface area contributed by atoms with Gasteiger partial charge in [-0.3, -0.25) is 14.9 Å². The number of carbonyl (C=O) groups excluding carboxylic acids is 3. The summed E-state index contributed by atoms with van der Waals surface area (Å²) in [5.74, 6) is 1.77. The van der Waals surface area contributed by atoms with Crippen molar-refractivity contribution in [2.75, 3.05) is 25.1 Å². The van der Waals surface area contributed by atoms with E-state index < -0.39 is 18.5 Å². The minimum atomic E-state index is -0.712. The summed E-state index contributed by atoms with van der Waals surface area (Å²) in [6.45, 7) is 4.18. The van der Waals surface area contributed by atoms with E-state index in [1.807, 2.05) is 13.8 Å². The molecule has 2 fully saturated rings. The molecule has 2 N–H and O–H groups in total. The van der Waals surface area contributed by atoms with Crippen LogP contribution in [0.25, 0.3) is 0 Å². The van der Waals surface area contributed by atoms with Crippen molar-refractivity contribution < 1.29 is 28.6 Å². The molecule has 0 saturated heterocycles. The highest BCUT2D eigenvalue weighted by Gasteiger charge is 2.40. The number of rotatable bonds is 9.